The molecule has 0 atom stereocenters. The van der Waals surface area contributed by atoms with Crippen LogP contribution in [0.25, 0.3) is 0 Å². The summed E-state index contributed by atoms with van der Waals surface area (Å²) in [6.45, 7) is 0. The van der Waals surface area contributed by atoms with Crippen molar-refractivity contribution in [2.45, 2.75) is 0 Å². The summed E-state index contributed by atoms with van der Waals surface area (Å²) in [5.41, 5.74) is 0. The van der Waals surface area contributed by atoms with Gasteiger partial charge in [0.1, 0.15) is 11.5 Å². The monoisotopic (exact) mass is 386 g/mol. The minimum Gasteiger partial charge on any atom is -0.417 e. The Labute approximate surface area is 127 Å². The molecule has 0 heterocycles. The Balaban J connectivity index is 1.96. The normalized spacial score (nSPS) is 9.89. The van der Waals surface area contributed by atoms with E-state index in [1.165, 1.54) is 0 Å². The van der Waals surface area contributed by atoms with Crippen LogP contribution >= 0.6 is 44.1 Å². The summed E-state index contributed by atoms with van der Waals surface area (Å²) in [6.07, 6.45) is 0. The summed E-state index contributed by atoms with van der Waals surface area (Å²) in [5, 5.41) is 0.0691. The van der Waals surface area contributed by atoms with Crippen molar-refractivity contribution in [2.75, 3.05) is 0 Å². The Morgan fingerprint density at radius 1 is 0.722 bits per heavy atom. The van der Waals surface area contributed by atoms with E-state index in [4.69, 9.17) is 21.7 Å². The first-order valence-corrected chi connectivity index (χ1v) is 7.04. The lowest BCUT2D eigenvalue weighted by Gasteiger charge is -2.08. The van der Waals surface area contributed by atoms with Gasteiger partial charge in [0, 0.05) is 21.2 Å². The van der Waals surface area contributed by atoms with Gasteiger partial charge in [-0.05, 0) is 48.5 Å². The summed E-state index contributed by atoms with van der Waals surface area (Å²) < 4.78 is 12.7. The molecule has 0 radical (unpaired) electrons. The molecule has 0 saturated heterocycles. The zero-order chi connectivity index (χ0) is 13.0. The van der Waals surface area contributed by atoms with E-state index in [1.54, 1.807) is 24.3 Å². The van der Waals surface area contributed by atoms with E-state index in [1.807, 2.05) is 24.3 Å². The molecule has 5 heteroatoms. The number of halogens is 2. The van der Waals surface area contributed by atoms with E-state index >= 15 is 0 Å². The fourth-order valence-corrected chi connectivity index (χ4v) is 1.94. The molecule has 0 amide bonds. The van der Waals surface area contributed by atoms with Gasteiger partial charge in [-0.15, -0.1) is 0 Å². The van der Waals surface area contributed by atoms with Crippen LogP contribution < -0.4 is 9.47 Å². The molecule has 2 aromatic carbocycles. The van der Waals surface area contributed by atoms with Gasteiger partial charge in [0.25, 0.3) is 0 Å². The molecule has 2 nitrogen and oxygen atoms in total. The van der Waals surface area contributed by atoms with Gasteiger partial charge >= 0.3 is 5.24 Å². The Kier molecular flexibility index (Phi) is 4.74. The number of ether oxygens (including phenoxy) is 2. The molecule has 2 rings (SSSR count). The molecule has 0 bridgehead atoms. The van der Waals surface area contributed by atoms with Gasteiger partial charge in [-0.2, -0.15) is 0 Å². The zero-order valence-electron chi connectivity index (χ0n) is 9.10. The van der Waals surface area contributed by atoms with E-state index < -0.39 is 0 Å². The van der Waals surface area contributed by atoms with Crippen molar-refractivity contribution in [3.05, 3.63) is 57.5 Å². The molecule has 0 aliphatic heterocycles. The van der Waals surface area contributed by atoms with Crippen molar-refractivity contribution < 1.29 is 9.47 Å². The smallest absolute Gasteiger partial charge is 0.363 e. The topological polar surface area (TPSA) is 18.5 Å². The highest BCUT2D eigenvalue weighted by Gasteiger charge is 2.03. The van der Waals surface area contributed by atoms with Gasteiger partial charge < -0.3 is 9.47 Å². The lowest BCUT2D eigenvalue weighted by Crippen LogP contribution is -2.13. The van der Waals surface area contributed by atoms with E-state index in [2.05, 4.69) is 31.9 Å². The minimum atomic E-state index is 0.0691. The van der Waals surface area contributed by atoms with E-state index in [9.17, 15) is 0 Å². The summed E-state index contributed by atoms with van der Waals surface area (Å²) in [6, 6.07) is 14.7. The number of hydrogen-bond donors (Lipinski definition) is 0. The van der Waals surface area contributed by atoms with Crippen molar-refractivity contribution in [3.63, 3.8) is 0 Å². The van der Waals surface area contributed by atoms with Crippen molar-refractivity contribution in [2.24, 2.45) is 0 Å². The zero-order valence-corrected chi connectivity index (χ0v) is 13.1. The van der Waals surface area contributed by atoms with Gasteiger partial charge in [0.2, 0.25) is 0 Å². The molecule has 0 aliphatic rings. The molecule has 0 spiro atoms. The van der Waals surface area contributed by atoms with E-state index in [0.717, 1.165) is 8.95 Å². The Morgan fingerprint density at radius 2 is 1.06 bits per heavy atom. The number of benzene rings is 2. The fourth-order valence-electron chi connectivity index (χ4n) is 1.22. The highest BCUT2D eigenvalue weighted by atomic mass is 79.9. The second-order valence-corrected chi connectivity index (χ2v) is 5.53. The SMILES string of the molecule is S=C(Oc1ccc(Br)cc1)Oc1ccc(Br)cc1. The largest absolute Gasteiger partial charge is 0.417 e. The van der Waals surface area contributed by atoms with E-state index in [-0.39, 0.29) is 5.24 Å². The Bertz CT molecular complexity index is 488. The first-order valence-electron chi connectivity index (χ1n) is 5.04. The van der Waals surface area contributed by atoms with Gasteiger partial charge in [-0.1, -0.05) is 31.9 Å². The molecule has 0 N–H and O–H groups in total. The summed E-state index contributed by atoms with van der Waals surface area (Å²) in [7, 11) is 0. The van der Waals surface area contributed by atoms with E-state index in [0.29, 0.717) is 11.5 Å². The van der Waals surface area contributed by atoms with Crippen LogP contribution in [0.5, 0.6) is 11.5 Å². The molecule has 18 heavy (non-hydrogen) atoms. The highest BCUT2D eigenvalue weighted by Crippen LogP contribution is 2.19. The predicted molar refractivity (Wildman–Crippen MR) is 82.1 cm³/mol. The maximum Gasteiger partial charge on any atom is 0.363 e. The maximum absolute atomic E-state index is 5.38. The molecule has 0 saturated carbocycles. The van der Waals surface area contributed by atoms with Gasteiger partial charge in [-0.25, -0.2) is 0 Å². The van der Waals surface area contributed by atoms with Crippen molar-refractivity contribution in [1.82, 2.24) is 0 Å². The third-order valence-corrected chi connectivity index (χ3v) is 3.25. The maximum atomic E-state index is 5.38. The van der Waals surface area contributed by atoms with Crippen LogP contribution in [0.3, 0.4) is 0 Å². The van der Waals surface area contributed by atoms with Gasteiger partial charge in [-0.3, -0.25) is 0 Å². The number of hydrogen-bond acceptors (Lipinski definition) is 3. The van der Waals surface area contributed by atoms with Crippen molar-refractivity contribution >= 4 is 49.3 Å². The van der Waals surface area contributed by atoms with Crippen molar-refractivity contribution in [1.29, 1.82) is 0 Å². The Morgan fingerprint density at radius 3 is 1.39 bits per heavy atom. The second kappa shape index (κ2) is 6.31. The van der Waals surface area contributed by atoms with Crippen LogP contribution in [-0.4, -0.2) is 5.24 Å². The Hall–Kier alpha value is -0.910. The van der Waals surface area contributed by atoms with Crippen LogP contribution in [0.15, 0.2) is 57.5 Å². The van der Waals surface area contributed by atoms with Crippen LogP contribution in [0, 0.1) is 0 Å². The molecule has 0 aromatic heterocycles. The summed E-state index contributed by atoms with van der Waals surface area (Å²) >= 11 is 11.7. The number of rotatable bonds is 2. The predicted octanol–water partition coefficient (Wildman–Crippen LogP) is 4.95. The standard InChI is InChI=1S/C13H8Br2O2S/c14-9-1-5-11(6-2-9)16-13(18)17-12-7-3-10(15)4-8-12/h1-8H. The first kappa shape index (κ1) is 13.5. The quantitative estimate of drug-likeness (QED) is 0.679. The molecular weight excluding hydrogens is 380 g/mol. The highest BCUT2D eigenvalue weighted by molar-refractivity contribution is 9.10. The second-order valence-electron chi connectivity index (χ2n) is 3.36. The average Bonchev–Trinajstić information content (AvgIpc) is 2.35. The lowest BCUT2D eigenvalue weighted by atomic mass is 10.3. The molecule has 0 fully saturated rings. The minimum absolute atomic E-state index is 0.0691. The van der Waals surface area contributed by atoms with Crippen LogP contribution in [0.1, 0.15) is 0 Å². The van der Waals surface area contributed by atoms with Gasteiger partial charge in [0.15, 0.2) is 0 Å². The number of thiocarbonyl (C=S) groups is 1. The third kappa shape index (κ3) is 4.08. The van der Waals surface area contributed by atoms with Crippen LogP contribution in [-0.2, 0) is 0 Å². The molecule has 92 valence electrons. The molecule has 0 unspecified atom stereocenters. The molecular formula is C13H8Br2O2S. The first-order chi connectivity index (χ1) is 8.63. The molecule has 0 aliphatic carbocycles. The summed E-state index contributed by atoms with van der Waals surface area (Å²) in [4.78, 5) is 0. The summed E-state index contributed by atoms with van der Waals surface area (Å²) in [5.74, 6) is 1.28. The van der Waals surface area contributed by atoms with Crippen LogP contribution in [0.4, 0.5) is 0 Å². The van der Waals surface area contributed by atoms with Gasteiger partial charge in [0.05, 0.1) is 0 Å². The average molecular weight is 388 g/mol. The fraction of sp³-hybridized carbons (Fsp3) is 0. The third-order valence-electron chi connectivity index (χ3n) is 2.03. The molecule has 2 aromatic rings. The van der Waals surface area contributed by atoms with Crippen LogP contribution in [0.2, 0.25) is 0 Å². The van der Waals surface area contributed by atoms with Crippen molar-refractivity contribution in [3.8, 4) is 11.5 Å². The lowest BCUT2D eigenvalue weighted by molar-refractivity contribution is 0.403.